The molecular formula is C22H22F2N2O4S. The van der Waals surface area contributed by atoms with Gasteiger partial charge in [-0.05, 0) is 44.4 Å². The summed E-state index contributed by atoms with van der Waals surface area (Å²) in [5.41, 5.74) is 1.04. The Morgan fingerprint density at radius 1 is 1.00 bits per heavy atom. The number of hydrogen-bond donors (Lipinski definition) is 0. The van der Waals surface area contributed by atoms with Crippen LogP contribution in [-0.4, -0.2) is 44.0 Å². The zero-order chi connectivity index (χ0) is 22.3. The average Bonchev–Trinajstić information content (AvgIpc) is 3.17. The second-order valence-electron chi connectivity index (χ2n) is 7.88. The van der Waals surface area contributed by atoms with Crippen molar-refractivity contribution in [2.45, 2.75) is 31.1 Å². The Morgan fingerprint density at radius 3 is 2.26 bits per heavy atom. The van der Waals surface area contributed by atoms with Crippen LogP contribution in [-0.2, 0) is 21.2 Å². The number of amides is 1. The molecule has 0 aromatic heterocycles. The molecular weight excluding hydrogens is 426 g/mol. The molecule has 0 N–H and O–H groups in total. The highest BCUT2D eigenvalue weighted by Gasteiger charge is 2.36. The lowest BCUT2D eigenvalue weighted by atomic mass is 9.96. The molecule has 0 bridgehead atoms. The van der Waals surface area contributed by atoms with Crippen molar-refractivity contribution in [1.82, 2.24) is 4.31 Å². The molecule has 164 valence electrons. The molecule has 6 nitrogen and oxygen atoms in total. The molecule has 0 atom stereocenters. The summed E-state index contributed by atoms with van der Waals surface area (Å²) in [6.45, 7) is 2.04. The minimum atomic E-state index is -3.73. The molecule has 31 heavy (non-hydrogen) atoms. The first-order valence-electron chi connectivity index (χ1n) is 10.1. The van der Waals surface area contributed by atoms with Gasteiger partial charge in [-0.15, -0.1) is 0 Å². The molecule has 2 aliphatic rings. The number of ketones is 1. The van der Waals surface area contributed by atoms with Gasteiger partial charge in [-0.2, -0.15) is 4.31 Å². The van der Waals surface area contributed by atoms with Gasteiger partial charge in [0.25, 0.3) is 0 Å². The largest absolute Gasteiger partial charge is 0.311 e. The van der Waals surface area contributed by atoms with E-state index in [0.29, 0.717) is 30.4 Å². The number of nitrogens with zero attached hydrogens (tertiary/aromatic N) is 2. The standard InChI is InChI=1S/C22H22F2N2O4S/c1-14(27)15-2-4-18(5-3-15)31(29,30)25-9-6-16(7-10-25)22(28)26-11-8-19-20(24)12-17(23)13-21(19)26/h2-5,12-13,16H,6-11H2,1H3. The van der Waals surface area contributed by atoms with Crippen LogP contribution in [0.5, 0.6) is 0 Å². The number of sulfonamides is 1. The van der Waals surface area contributed by atoms with E-state index in [4.69, 9.17) is 0 Å². The Bertz CT molecular complexity index is 1140. The first-order valence-corrected chi connectivity index (χ1v) is 11.5. The molecule has 0 unspecified atom stereocenters. The molecule has 0 spiro atoms. The quantitative estimate of drug-likeness (QED) is 0.674. The van der Waals surface area contributed by atoms with Crippen LogP contribution in [0.25, 0.3) is 0 Å². The van der Waals surface area contributed by atoms with E-state index >= 15 is 0 Å². The number of anilines is 1. The molecule has 4 rings (SSSR count). The first-order chi connectivity index (χ1) is 14.7. The van der Waals surface area contributed by atoms with Gasteiger partial charge in [-0.25, -0.2) is 17.2 Å². The third-order valence-corrected chi connectivity index (χ3v) is 7.89. The number of Topliss-reactive ketones (excluding diaryl/α,β-unsaturated/α-hetero) is 1. The zero-order valence-corrected chi connectivity index (χ0v) is 17.8. The van der Waals surface area contributed by atoms with Crippen molar-refractivity contribution in [1.29, 1.82) is 0 Å². The number of benzene rings is 2. The fraction of sp³-hybridized carbons (Fsp3) is 0.364. The van der Waals surface area contributed by atoms with Crippen LogP contribution in [0, 0.1) is 17.6 Å². The second kappa shape index (κ2) is 8.12. The third kappa shape index (κ3) is 3.99. The van der Waals surface area contributed by atoms with Gasteiger partial charge in [-0.3, -0.25) is 9.59 Å². The Kier molecular flexibility index (Phi) is 5.65. The molecule has 1 amide bonds. The lowest BCUT2D eigenvalue weighted by Gasteiger charge is -2.32. The van der Waals surface area contributed by atoms with Crippen molar-refractivity contribution in [2.24, 2.45) is 5.92 Å². The maximum Gasteiger partial charge on any atom is 0.243 e. The first kappa shape index (κ1) is 21.6. The molecule has 0 aliphatic carbocycles. The third-order valence-electron chi connectivity index (χ3n) is 5.98. The van der Waals surface area contributed by atoms with Crippen LogP contribution in [0.3, 0.4) is 0 Å². The highest BCUT2D eigenvalue weighted by Crippen LogP contribution is 2.34. The second-order valence-corrected chi connectivity index (χ2v) is 9.82. The number of carbonyl (C=O) groups is 2. The van der Waals surface area contributed by atoms with E-state index in [1.165, 1.54) is 46.5 Å². The highest BCUT2D eigenvalue weighted by molar-refractivity contribution is 7.89. The van der Waals surface area contributed by atoms with Crippen molar-refractivity contribution in [3.05, 3.63) is 59.2 Å². The fourth-order valence-corrected chi connectivity index (χ4v) is 5.70. The van der Waals surface area contributed by atoms with Crippen molar-refractivity contribution in [3.8, 4) is 0 Å². The topological polar surface area (TPSA) is 74.8 Å². The highest BCUT2D eigenvalue weighted by atomic mass is 32.2. The molecule has 0 saturated carbocycles. The molecule has 2 aliphatic heterocycles. The van der Waals surface area contributed by atoms with E-state index in [9.17, 15) is 26.8 Å². The lowest BCUT2D eigenvalue weighted by molar-refractivity contribution is -0.123. The Labute approximate surface area is 179 Å². The molecule has 1 saturated heterocycles. The van der Waals surface area contributed by atoms with Crippen LogP contribution in [0.1, 0.15) is 35.7 Å². The summed E-state index contributed by atoms with van der Waals surface area (Å²) in [5, 5.41) is 0. The van der Waals surface area contributed by atoms with Gasteiger partial charge in [0.15, 0.2) is 5.78 Å². The van der Waals surface area contributed by atoms with Gasteiger partial charge < -0.3 is 4.90 Å². The smallest absolute Gasteiger partial charge is 0.243 e. The summed E-state index contributed by atoms with van der Waals surface area (Å²) >= 11 is 0. The monoisotopic (exact) mass is 448 g/mol. The number of halogens is 2. The molecule has 9 heteroatoms. The normalized spacial score (nSPS) is 17.6. The molecule has 0 radical (unpaired) electrons. The number of fused-ring (bicyclic) bond motifs is 1. The SMILES string of the molecule is CC(=O)c1ccc(S(=O)(=O)N2CCC(C(=O)N3CCc4c(F)cc(F)cc43)CC2)cc1. The van der Waals surface area contributed by atoms with Crippen LogP contribution >= 0.6 is 0 Å². The fourth-order valence-electron chi connectivity index (χ4n) is 4.23. The van der Waals surface area contributed by atoms with Crippen LogP contribution in [0.4, 0.5) is 14.5 Å². The van der Waals surface area contributed by atoms with Crippen molar-refractivity contribution in [3.63, 3.8) is 0 Å². The van der Waals surface area contributed by atoms with E-state index in [2.05, 4.69) is 0 Å². The minimum Gasteiger partial charge on any atom is -0.311 e. The maximum atomic E-state index is 14.0. The summed E-state index contributed by atoms with van der Waals surface area (Å²) in [6, 6.07) is 7.77. The molecule has 2 heterocycles. The predicted molar refractivity (Wildman–Crippen MR) is 110 cm³/mol. The lowest BCUT2D eigenvalue weighted by Crippen LogP contribution is -2.44. The number of carbonyl (C=O) groups excluding carboxylic acids is 2. The van der Waals surface area contributed by atoms with E-state index in [1.54, 1.807) is 0 Å². The average molecular weight is 448 g/mol. The van der Waals surface area contributed by atoms with Crippen LogP contribution in [0.2, 0.25) is 0 Å². The van der Waals surface area contributed by atoms with Crippen LogP contribution in [0.15, 0.2) is 41.3 Å². The summed E-state index contributed by atoms with van der Waals surface area (Å²) < 4.78 is 54.8. The van der Waals surface area contributed by atoms with Gasteiger partial charge in [0.1, 0.15) is 11.6 Å². The number of piperidine rings is 1. The predicted octanol–water partition coefficient (Wildman–Crippen LogP) is 3.16. The van der Waals surface area contributed by atoms with E-state index in [-0.39, 0.29) is 41.9 Å². The molecule has 2 aromatic carbocycles. The molecule has 2 aromatic rings. The van der Waals surface area contributed by atoms with E-state index < -0.39 is 27.6 Å². The zero-order valence-electron chi connectivity index (χ0n) is 17.0. The summed E-state index contributed by atoms with van der Waals surface area (Å²) in [5.74, 6) is -2.17. The Balaban J connectivity index is 1.44. The van der Waals surface area contributed by atoms with Gasteiger partial charge in [-0.1, -0.05) is 12.1 Å². The van der Waals surface area contributed by atoms with E-state index in [1.807, 2.05) is 0 Å². The maximum absolute atomic E-state index is 14.0. The summed E-state index contributed by atoms with van der Waals surface area (Å²) in [4.78, 5) is 25.9. The van der Waals surface area contributed by atoms with Crippen molar-refractivity contribution in [2.75, 3.05) is 24.5 Å². The van der Waals surface area contributed by atoms with Gasteiger partial charge >= 0.3 is 0 Å². The number of rotatable bonds is 4. The minimum absolute atomic E-state index is 0.0988. The van der Waals surface area contributed by atoms with Crippen LogP contribution < -0.4 is 4.90 Å². The summed E-state index contributed by atoms with van der Waals surface area (Å²) in [6.07, 6.45) is 0.983. The van der Waals surface area contributed by atoms with E-state index in [0.717, 1.165) is 6.07 Å². The van der Waals surface area contributed by atoms with Crippen molar-refractivity contribution < 1.29 is 26.8 Å². The summed E-state index contributed by atoms with van der Waals surface area (Å²) in [7, 11) is -3.73. The van der Waals surface area contributed by atoms with Gasteiger partial charge in [0.05, 0.1) is 10.6 Å². The van der Waals surface area contributed by atoms with Gasteiger partial charge in [0, 0.05) is 42.7 Å². The molecule has 1 fully saturated rings. The van der Waals surface area contributed by atoms with Gasteiger partial charge in [0.2, 0.25) is 15.9 Å². The Morgan fingerprint density at radius 2 is 1.65 bits per heavy atom. The Hall–Kier alpha value is -2.65. The number of hydrogen-bond acceptors (Lipinski definition) is 4. The van der Waals surface area contributed by atoms with Crippen molar-refractivity contribution >= 4 is 27.4 Å².